The van der Waals surface area contributed by atoms with Crippen LogP contribution in [0.4, 0.5) is 5.69 Å². The van der Waals surface area contributed by atoms with Crippen LogP contribution in [0.3, 0.4) is 0 Å². The van der Waals surface area contributed by atoms with Gasteiger partial charge in [-0.15, -0.1) is 11.8 Å². The number of piperazine rings is 1. The van der Waals surface area contributed by atoms with E-state index < -0.39 is 0 Å². The van der Waals surface area contributed by atoms with Gasteiger partial charge in [-0.2, -0.15) is 5.10 Å². The molecule has 0 spiro atoms. The molecule has 0 bridgehead atoms. The van der Waals surface area contributed by atoms with Gasteiger partial charge in [-0.1, -0.05) is 29.8 Å². The second-order valence-corrected chi connectivity index (χ2v) is 6.67. The Morgan fingerprint density at radius 2 is 1.57 bits per heavy atom. The number of thioether (sulfide) groups is 1. The van der Waals surface area contributed by atoms with Gasteiger partial charge in [0.05, 0.1) is 19.3 Å². The standard InChI is InChI=1S/C19H23N3S/c1-16-3-7-18(8-4-16)21-11-13-22(14-12-21)20-15-17-5-9-19(23-2)10-6-17/h3-10,15H,11-14H2,1-2H3/b20-15-. The minimum atomic E-state index is 0.966. The summed E-state index contributed by atoms with van der Waals surface area (Å²) in [6, 6.07) is 17.3. The highest BCUT2D eigenvalue weighted by Gasteiger charge is 2.15. The van der Waals surface area contributed by atoms with Gasteiger partial charge >= 0.3 is 0 Å². The van der Waals surface area contributed by atoms with Crippen molar-refractivity contribution in [2.24, 2.45) is 5.10 Å². The lowest BCUT2D eigenvalue weighted by atomic mass is 10.2. The first-order valence-corrected chi connectivity index (χ1v) is 9.22. The highest BCUT2D eigenvalue weighted by atomic mass is 32.2. The summed E-state index contributed by atoms with van der Waals surface area (Å²) < 4.78 is 0. The molecular weight excluding hydrogens is 302 g/mol. The minimum absolute atomic E-state index is 0.966. The third kappa shape index (κ3) is 4.29. The van der Waals surface area contributed by atoms with E-state index in [1.807, 2.05) is 6.21 Å². The average Bonchev–Trinajstić information content (AvgIpc) is 2.61. The van der Waals surface area contributed by atoms with Crippen LogP contribution >= 0.6 is 11.8 Å². The number of hydrogen-bond acceptors (Lipinski definition) is 4. The molecule has 1 aliphatic heterocycles. The van der Waals surface area contributed by atoms with Crippen LogP contribution in [-0.4, -0.2) is 43.7 Å². The first-order chi connectivity index (χ1) is 11.2. The number of anilines is 1. The molecule has 4 heteroatoms. The predicted molar refractivity (Wildman–Crippen MR) is 101 cm³/mol. The molecule has 3 nitrogen and oxygen atoms in total. The summed E-state index contributed by atoms with van der Waals surface area (Å²) in [6.07, 6.45) is 4.06. The molecule has 0 radical (unpaired) electrons. The lowest BCUT2D eigenvalue weighted by molar-refractivity contribution is 0.272. The van der Waals surface area contributed by atoms with E-state index in [0.29, 0.717) is 0 Å². The summed E-state index contributed by atoms with van der Waals surface area (Å²) in [7, 11) is 0. The lowest BCUT2D eigenvalue weighted by Gasteiger charge is -2.34. The van der Waals surface area contributed by atoms with Crippen molar-refractivity contribution in [3.8, 4) is 0 Å². The van der Waals surface area contributed by atoms with Crippen molar-refractivity contribution in [1.29, 1.82) is 0 Å². The molecule has 1 fully saturated rings. The van der Waals surface area contributed by atoms with Gasteiger partial charge in [-0.05, 0) is 43.0 Å². The highest BCUT2D eigenvalue weighted by molar-refractivity contribution is 7.98. The van der Waals surface area contributed by atoms with Crippen molar-refractivity contribution < 1.29 is 0 Å². The zero-order chi connectivity index (χ0) is 16.1. The van der Waals surface area contributed by atoms with Crippen molar-refractivity contribution in [3.05, 3.63) is 59.7 Å². The summed E-state index contributed by atoms with van der Waals surface area (Å²) in [5, 5.41) is 6.79. The van der Waals surface area contributed by atoms with Gasteiger partial charge in [0.25, 0.3) is 0 Å². The first kappa shape index (κ1) is 15.9. The van der Waals surface area contributed by atoms with Gasteiger partial charge in [-0.25, -0.2) is 0 Å². The maximum Gasteiger partial charge on any atom is 0.0542 e. The second-order valence-electron chi connectivity index (χ2n) is 5.79. The Hall–Kier alpha value is -1.94. The van der Waals surface area contributed by atoms with Gasteiger partial charge in [0.15, 0.2) is 0 Å². The van der Waals surface area contributed by atoms with Crippen LogP contribution in [0.2, 0.25) is 0 Å². The van der Waals surface area contributed by atoms with E-state index >= 15 is 0 Å². The molecule has 1 saturated heterocycles. The Morgan fingerprint density at radius 1 is 0.913 bits per heavy atom. The molecular formula is C19H23N3S. The van der Waals surface area contributed by atoms with Crippen LogP contribution in [0.5, 0.6) is 0 Å². The van der Waals surface area contributed by atoms with Gasteiger partial charge in [0.1, 0.15) is 0 Å². The summed E-state index contributed by atoms with van der Waals surface area (Å²) in [6.45, 7) is 6.10. The quantitative estimate of drug-likeness (QED) is 0.628. The number of benzene rings is 2. The maximum atomic E-state index is 4.63. The van der Waals surface area contributed by atoms with Crippen molar-refractivity contribution >= 4 is 23.7 Å². The third-order valence-electron chi connectivity index (χ3n) is 4.14. The fourth-order valence-corrected chi connectivity index (χ4v) is 3.07. The molecule has 120 valence electrons. The molecule has 1 aliphatic rings. The predicted octanol–water partition coefficient (Wildman–Crippen LogP) is 3.87. The SMILES string of the molecule is CSc1ccc(/C=N\N2CCN(c3ccc(C)cc3)CC2)cc1. The van der Waals surface area contributed by atoms with Gasteiger partial charge in [0.2, 0.25) is 0 Å². The van der Waals surface area contributed by atoms with E-state index in [0.717, 1.165) is 31.7 Å². The Bertz CT molecular complexity index is 641. The van der Waals surface area contributed by atoms with Crippen molar-refractivity contribution in [2.45, 2.75) is 11.8 Å². The summed E-state index contributed by atoms with van der Waals surface area (Å²) in [5.74, 6) is 0. The Labute approximate surface area is 143 Å². The summed E-state index contributed by atoms with van der Waals surface area (Å²) in [4.78, 5) is 3.72. The van der Waals surface area contributed by atoms with Crippen LogP contribution in [-0.2, 0) is 0 Å². The molecule has 2 aromatic rings. The van der Waals surface area contributed by atoms with Gasteiger partial charge in [0, 0.05) is 23.7 Å². The van der Waals surface area contributed by atoms with Crippen molar-refractivity contribution in [3.63, 3.8) is 0 Å². The van der Waals surface area contributed by atoms with Crippen LogP contribution < -0.4 is 4.90 Å². The van der Waals surface area contributed by atoms with E-state index in [4.69, 9.17) is 0 Å². The van der Waals surface area contributed by atoms with Crippen molar-refractivity contribution in [2.75, 3.05) is 37.3 Å². The number of rotatable bonds is 4. The fraction of sp³-hybridized carbons (Fsp3) is 0.316. The number of hydrazone groups is 1. The van der Waals surface area contributed by atoms with Crippen LogP contribution in [0.1, 0.15) is 11.1 Å². The van der Waals surface area contributed by atoms with E-state index in [1.54, 1.807) is 11.8 Å². The maximum absolute atomic E-state index is 4.63. The normalized spacial score (nSPS) is 15.4. The monoisotopic (exact) mass is 325 g/mol. The van der Waals surface area contributed by atoms with Crippen molar-refractivity contribution in [1.82, 2.24) is 5.01 Å². The van der Waals surface area contributed by atoms with E-state index in [2.05, 4.69) is 76.7 Å². The van der Waals surface area contributed by atoms with E-state index in [9.17, 15) is 0 Å². The molecule has 0 atom stereocenters. The molecule has 0 aliphatic carbocycles. The highest BCUT2D eigenvalue weighted by Crippen LogP contribution is 2.17. The largest absolute Gasteiger partial charge is 0.368 e. The Morgan fingerprint density at radius 3 is 2.17 bits per heavy atom. The minimum Gasteiger partial charge on any atom is -0.368 e. The average molecular weight is 325 g/mol. The third-order valence-corrected chi connectivity index (χ3v) is 4.88. The zero-order valence-electron chi connectivity index (χ0n) is 13.8. The van der Waals surface area contributed by atoms with Gasteiger partial charge in [-0.3, -0.25) is 5.01 Å². The summed E-state index contributed by atoms with van der Waals surface area (Å²) in [5.41, 5.74) is 3.78. The molecule has 0 N–H and O–H groups in total. The number of aryl methyl sites for hydroxylation is 1. The Balaban J connectivity index is 1.54. The first-order valence-electron chi connectivity index (χ1n) is 7.99. The topological polar surface area (TPSA) is 18.8 Å². The molecule has 0 amide bonds. The Kier molecular flexibility index (Phi) is 5.23. The molecule has 0 aromatic heterocycles. The molecule has 23 heavy (non-hydrogen) atoms. The fourth-order valence-electron chi connectivity index (χ4n) is 2.66. The molecule has 0 saturated carbocycles. The number of nitrogens with zero attached hydrogens (tertiary/aromatic N) is 3. The number of hydrogen-bond donors (Lipinski definition) is 0. The second kappa shape index (κ2) is 7.55. The lowest BCUT2D eigenvalue weighted by Crippen LogP contribution is -2.44. The van der Waals surface area contributed by atoms with Gasteiger partial charge < -0.3 is 4.90 Å². The van der Waals surface area contributed by atoms with Crippen LogP contribution in [0.15, 0.2) is 58.5 Å². The van der Waals surface area contributed by atoms with Crippen LogP contribution in [0.25, 0.3) is 0 Å². The molecule has 0 unspecified atom stereocenters. The van der Waals surface area contributed by atoms with E-state index in [1.165, 1.54) is 16.1 Å². The molecule has 1 heterocycles. The smallest absolute Gasteiger partial charge is 0.0542 e. The summed E-state index contributed by atoms with van der Waals surface area (Å²) >= 11 is 1.76. The van der Waals surface area contributed by atoms with Crippen LogP contribution in [0, 0.1) is 6.92 Å². The molecule has 3 rings (SSSR count). The zero-order valence-corrected chi connectivity index (χ0v) is 14.6. The molecule has 2 aromatic carbocycles. The van der Waals surface area contributed by atoms with E-state index in [-0.39, 0.29) is 0 Å².